The highest BCUT2D eigenvalue weighted by molar-refractivity contribution is 5.31. The fraction of sp³-hybridized carbons (Fsp3) is 0.615. The van der Waals surface area contributed by atoms with E-state index in [2.05, 4.69) is 20.0 Å². The Morgan fingerprint density at radius 1 is 1.32 bits per heavy atom. The van der Waals surface area contributed by atoms with Crippen molar-refractivity contribution in [3.05, 3.63) is 28.7 Å². The molecule has 122 valence electrons. The van der Waals surface area contributed by atoms with Crippen LogP contribution in [0.4, 0.5) is 13.2 Å². The highest BCUT2D eigenvalue weighted by Crippen LogP contribution is 2.28. The van der Waals surface area contributed by atoms with E-state index in [4.69, 9.17) is 4.52 Å². The average Bonchev–Trinajstić information content (AvgIpc) is 2.94. The molecule has 0 amide bonds. The lowest BCUT2D eigenvalue weighted by molar-refractivity contribution is -0.177. The third-order valence-corrected chi connectivity index (χ3v) is 3.35. The predicted molar refractivity (Wildman–Crippen MR) is 70.2 cm³/mol. The van der Waals surface area contributed by atoms with Crippen LogP contribution in [0.5, 0.6) is 0 Å². The molecular weight excluding hydrogens is 301 g/mol. The van der Waals surface area contributed by atoms with Gasteiger partial charge in [0.15, 0.2) is 5.82 Å². The molecule has 0 radical (unpaired) electrons. The number of halogens is 3. The monoisotopic (exact) mass is 318 g/mol. The summed E-state index contributed by atoms with van der Waals surface area (Å²) >= 11 is 0. The first-order valence-electron chi connectivity index (χ1n) is 6.66. The van der Waals surface area contributed by atoms with Gasteiger partial charge < -0.3 is 9.26 Å². The summed E-state index contributed by atoms with van der Waals surface area (Å²) in [6.45, 7) is 4.00. The molecule has 2 heterocycles. The second-order valence-corrected chi connectivity index (χ2v) is 5.09. The SMILES string of the molecule is Cc1nn(C)c(C)c1C(C)c1nc(COCC(F)(F)F)no1. The Morgan fingerprint density at radius 2 is 2.00 bits per heavy atom. The van der Waals surface area contributed by atoms with Crippen LogP contribution in [0.15, 0.2) is 4.52 Å². The molecular formula is C13H17F3N4O2. The maximum absolute atomic E-state index is 12.0. The van der Waals surface area contributed by atoms with Crippen molar-refractivity contribution in [1.29, 1.82) is 0 Å². The van der Waals surface area contributed by atoms with Crippen molar-refractivity contribution < 1.29 is 22.4 Å². The normalized spacial score (nSPS) is 13.6. The van der Waals surface area contributed by atoms with Crippen molar-refractivity contribution in [2.45, 2.75) is 39.5 Å². The fourth-order valence-electron chi connectivity index (χ4n) is 2.30. The van der Waals surface area contributed by atoms with E-state index < -0.39 is 12.8 Å². The standard InChI is InChI=1S/C13H17F3N4O2/c1-7(11-8(2)18-20(4)9(11)3)12-17-10(19-22-12)5-21-6-13(14,15)16/h7H,5-6H2,1-4H3. The van der Waals surface area contributed by atoms with Gasteiger partial charge in [-0.25, -0.2) is 0 Å². The van der Waals surface area contributed by atoms with Crippen molar-refractivity contribution in [2.75, 3.05) is 6.61 Å². The van der Waals surface area contributed by atoms with Crippen LogP contribution in [0.3, 0.4) is 0 Å². The van der Waals surface area contributed by atoms with Crippen molar-refractivity contribution >= 4 is 0 Å². The summed E-state index contributed by atoms with van der Waals surface area (Å²) in [5.74, 6) is 0.215. The first-order chi connectivity index (χ1) is 10.2. The smallest absolute Gasteiger partial charge is 0.364 e. The Balaban J connectivity index is 2.07. The summed E-state index contributed by atoms with van der Waals surface area (Å²) in [5, 5.41) is 7.96. The van der Waals surface area contributed by atoms with E-state index in [0.29, 0.717) is 5.89 Å². The molecule has 0 aliphatic carbocycles. The Kier molecular flexibility index (Phi) is 4.55. The summed E-state index contributed by atoms with van der Waals surface area (Å²) in [5.41, 5.74) is 2.78. The van der Waals surface area contributed by atoms with Gasteiger partial charge in [0.1, 0.15) is 13.2 Å². The number of rotatable bonds is 5. The maximum Gasteiger partial charge on any atom is 0.411 e. The van der Waals surface area contributed by atoms with E-state index in [1.54, 1.807) is 4.68 Å². The molecule has 0 aromatic carbocycles. The second-order valence-electron chi connectivity index (χ2n) is 5.09. The zero-order valence-corrected chi connectivity index (χ0v) is 12.7. The van der Waals surface area contributed by atoms with Crippen LogP contribution in [0.25, 0.3) is 0 Å². The van der Waals surface area contributed by atoms with E-state index >= 15 is 0 Å². The van der Waals surface area contributed by atoms with Crippen LogP contribution < -0.4 is 0 Å². The van der Waals surface area contributed by atoms with Gasteiger partial charge in [0.2, 0.25) is 5.89 Å². The summed E-state index contributed by atoms with van der Waals surface area (Å²) < 4.78 is 47.4. The van der Waals surface area contributed by atoms with Gasteiger partial charge in [-0.05, 0) is 20.8 Å². The molecule has 0 saturated heterocycles. The Bertz CT molecular complexity index is 648. The Labute approximate surface area is 125 Å². The summed E-state index contributed by atoms with van der Waals surface area (Å²) in [6.07, 6.45) is -4.37. The van der Waals surface area contributed by atoms with Gasteiger partial charge in [-0.15, -0.1) is 0 Å². The minimum Gasteiger partial charge on any atom is -0.364 e. The average molecular weight is 318 g/mol. The third-order valence-electron chi connectivity index (χ3n) is 3.35. The number of hydrogen-bond donors (Lipinski definition) is 0. The zero-order valence-electron chi connectivity index (χ0n) is 12.7. The van der Waals surface area contributed by atoms with Crippen LogP contribution in [-0.2, 0) is 18.4 Å². The number of alkyl halides is 3. The number of ether oxygens (including phenoxy) is 1. The molecule has 0 spiro atoms. The molecule has 0 bridgehead atoms. The van der Waals surface area contributed by atoms with Crippen LogP contribution in [0.2, 0.25) is 0 Å². The zero-order chi connectivity index (χ0) is 16.5. The minimum atomic E-state index is -4.37. The first-order valence-corrected chi connectivity index (χ1v) is 6.66. The topological polar surface area (TPSA) is 66.0 Å². The van der Waals surface area contributed by atoms with Crippen molar-refractivity contribution in [3.63, 3.8) is 0 Å². The summed E-state index contributed by atoms with van der Waals surface area (Å²) in [4.78, 5) is 4.09. The van der Waals surface area contributed by atoms with Gasteiger partial charge in [0.25, 0.3) is 0 Å². The van der Waals surface area contributed by atoms with E-state index in [9.17, 15) is 13.2 Å². The van der Waals surface area contributed by atoms with Crippen molar-refractivity contribution in [3.8, 4) is 0 Å². The van der Waals surface area contributed by atoms with Crippen LogP contribution >= 0.6 is 0 Å². The van der Waals surface area contributed by atoms with E-state index in [1.165, 1.54) is 0 Å². The molecule has 2 aromatic heterocycles. The quantitative estimate of drug-likeness (QED) is 0.848. The first kappa shape index (κ1) is 16.5. The van der Waals surface area contributed by atoms with Crippen molar-refractivity contribution in [1.82, 2.24) is 19.9 Å². The molecule has 2 rings (SSSR count). The van der Waals surface area contributed by atoms with Crippen LogP contribution in [0.1, 0.15) is 41.5 Å². The van der Waals surface area contributed by atoms with Gasteiger partial charge in [-0.2, -0.15) is 23.3 Å². The van der Waals surface area contributed by atoms with Crippen LogP contribution in [0, 0.1) is 13.8 Å². The van der Waals surface area contributed by atoms with Gasteiger partial charge in [-0.1, -0.05) is 5.16 Å². The molecule has 2 aromatic rings. The molecule has 0 aliphatic rings. The fourth-order valence-corrected chi connectivity index (χ4v) is 2.30. The van der Waals surface area contributed by atoms with E-state index in [0.717, 1.165) is 17.0 Å². The highest BCUT2D eigenvalue weighted by Gasteiger charge is 2.28. The molecule has 6 nitrogen and oxygen atoms in total. The number of aryl methyl sites for hydroxylation is 2. The van der Waals surface area contributed by atoms with Gasteiger partial charge in [-0.3, -0.25) is 4.68 Å². The molecule has 0 N–H and O–H groups in total. The van der Waals surface area contributed by atoms with Crippen molar-refractivity contribution in [2.24, 2.45) is 7.05 Å². The van der Waals surface area contributed by atoms with E-state index in [1.807, 2.05) is 27.8 Å². The molecule has 0 saturated carbocycles. The largest absolute Gasteiger partial charge is 0.411 e. The second kappa shape index (κ2) is 6.07. The minimum absolute atomic E-state index is 0.0882. The number of nitrogens with zero attached hydrogens (tertiary/aromatic N) is 4. The molecule has 1 unspecified atom stereocenters. The van der Waals surface area contributed by atoms with Gasteiger partial charge in [0.05, 0.1) is 11.6 Å². The van der Waals surface area contributed by atoms with Gasteiger partial charge in [0, 0.05) is 18.3 Å². The Morgan fingerprint density at radius 3 is 2.55 bits per heavy atom. The summed E-state index contributed by atoms with van der Waals surface area (Å²) in [6, 6.07) is 0. The van der Waals surface area contributed by atoms with Gasteiger partial charge >= 0.3 is 6.18 Å². The van der Waals surface area contributed by atoms with E-state index in [-0.39, 0.29) is 18.3 Å². The molecule has 22 heavy (non-hydrogen) atoms. The Hall–Kier alpha value is -1.90. The summed E-state index contributed by atoms with van der Waals surface area (Å²) in [7, 11) is 1.84. The lowest BCUT2D eigenvalue weighted by Gasteiger charge is -2.07. The lowest BCUT2D eigenvalue weighted by Crippen LogP contribution is -2.17. The molecule has 1 atom stereocenters. The molecule has 0 fully saturated rings. The maximum atomic E-state index is 12.0. The predicted octanol–water partition coefficient (Wildman–Crippen LogP) is 2.65. The number of aromatic nitrogens is 4. The third kappa shape index (κ3) is 3.65. The lowest BCUT2D eigenvalue weighted by atomic mass is 9.99. The number of hydrogen-bond acceptors (Lipinski definition) is 5. The highest BCUT2D eigenvalue weighted by atomic mass is 19.4. The molecule has 0 aliphatic heterocycles. The van der Waals surface area contributed by atoms with Crippen LogP contribution in [-0.4, -0.2) is 32.7 Å². The molecule has 9 heteroatoms.